The lowest BCUT2D eigenvalue weighted by molar-refractivity contribution is -0.108. The Balaban J connectivity index is 3.18. The predicted molar refractivity (Wildman–Crippen MR) is 53.2 cm³/mol. The number of aldehydes is 1. The summed E-state index contributed by atoms with van der Waals surface area (Å²) in [5, 5.41) is 0. The lowest BCUT2D eigenvalue weighted by Gasteiger charge is -2.09. The largest absolute Gasteiger partial charge is 0.303 e. The van der Waals surface area contributed by atoms with Crippen LogP contribution in [-0.4, -0.2) is 6.29 Å². The highest BCUT2D eigenvalue weighted by molar-refractivity contribution is 5.49. The Hall–Kier alpha value is -0.330. The molecule has 0 aliphatic carbocycles. The first-order valence-electron chi connectivity index (χ1n) is 5.10. The van der Waals surface area contributed by atoms with E-state index in [1.165, 1.54) is 19.3 Å². The Labute approximate surface area is 76.6 Å². The molecule has 0 radical (unpaired) electrons. The lowest BCUT2D eigenvalue weighted by atomic mass is 9.96. The molecule has 0 fully saturated rings. The van der Waals surface area contributed by atoms with Crippen molar-refractivity contribution in [2.24, 2.45) is 11.8 Å². The molecular weight excluding hydrogens is 148 g/mol. The molecule has 0 spiro atoms. The lowest BCUT2D eigenvalue weighted by Crippen LogP contribution is -1.96. The molecule has 12 heavy (non-hydrogen) atoms. The fraction of sp³-hybridized carbons (Fsp3) is 0.909. The molecule has 0 unspecified atom stereocenters. The van der Waals surface area contributed by atoms with Crippen LogP contribution in [0.4, 0.5) is 0 Å². The number of carbonyl (C=O) groups excluding carboxylic acids is 1. The second-order valence-electron chi connectivity index (χ2n) is 4.17. The Bertz CT molecular complexity index is 108. The molecule has 0 aliphatic rings. The predicted octanol–water partition coefficient (Wildman–Crippen LogP) is 3.43. The van der Waals surface area contributed by atoms with E-state index in [2.05, 4.69) is 20.8 Å². The normalized spacial score (nSPS) is 13.3. The molecule has 0 saturated heterocycles. The summed E-state index contributed by atoms with van der Waals surface area (Å²) >= 11 is 0. The third kappa shape index (κ3) is 7.77. The zero-order valence-electron chi connectivity index (χ0n) is 8.68. The SMILES string of the molecule is CC(C)CCC[C@H](C)CCC=O. The van der Waals surface area contributed by atoms with Crippen LogP contribution in [0.5, 0.6) is 0 Å². The van der Waals surface area contributed by atoms with Crippen LogP contribution in [0.3, 0.4) is 0 Å². The summed E-state index contributed by atoms with van der Waals surface area (Å²) in [7, 11) is 0. The quantitative estimate of drug-likeness (QED) is 0.535. The molecule has 0 aliphatic heterocycles. The van der Waals surface area contributed by atoms with Crippen molar-refractivity contribution in [2.45, 2.75) is 52.9 Å². The summed E-state index contributed by atoms with van der Waals surface area (Å²) in [6.45, 7) is 6.76. The first kappa shape index (κ1) is 11.7. The van der Waals surface area contributed by atoms with Gasteiger partial charge in [0.25, 0.3) is 0 Å². The van der Waals surface area contributed by atoms with Crippen LogP contribution in [0.25, 0.3) is 0 Å². The summed E-state index contributed by atoms with van der Waals surface area (Å²) in [6.07, 6.45) is 6.76. The molecule has 1 nitrogen and oxygen atoms in total. The molecule has 0 N–H and O–H groups in total. The van der Waals surface area contributed by atoms with E-state index in [-0.39, 0.29) is 0 Å². The van der Waals surface area contributed by atoms with Gasteiger partial charge >= 0.3 is 0 Å². The second-order valence-corrected chi connectivity index (χ2v) is 4.17. The Morgan fingerprint density at radius 3 is 2.25 bits per heavy atom. The summed E-state index contributed by atoms with van der Waals surface area (Å²) in [6, 6.07) is 0. The van der Waals surface area contributed by atoms with E-state index in [4.69, 9.17) is 0 Å². The van der Waals surface area contributed by atoms with Crippen molar-refractivity contribution < 1.29 is 4.79 Å². The number of hydrogen-bond acceptors (Lipinski definition) is 1. The van der Waals surface area contributed by atoms with Crippen molar-refractivity contribution in [3.63, 3.8) is 0 Å². The second kappa shape index (κ2) is 7.33. The van der Waals surface area contributed by atoms with Crippen LogP contribution < -0.4 is 0 Å². The van der Waals surface area contributed by atoms with E-state index in [0.29, 0.717) is 0 Å². The zero-order valence-corrected chi connectivity index (χ0v) is 8.68. The monoisotopic (exact) mass is 170 g/mol. The molecular formula is C11H22O. The van der Waals surface area contributed by atoms with E-state index in [1.54, 1.807) is 0 Å². The maximum absolute atomic E-state index is 10.1. The summed E-state index contributed by atoms with van der Waals surface area (Å²) < 4.78 is 0. The van der Waals surface area contributed by atoms with Gasteiger partial charge in [-0.3, -0.25) is 0 Å². The average molecular weight is 170 g/mol. The topological polar surface area (TPSA) is 17.1 Å². The zero-order chi connectivity index (χ0) is 9.40. The molecule has 0 heterocycles. The number of carbonyl (C=O) groups is 1. The molecule has 1 atom stereocenters. The van der Waals surface area contributed by atoms with Crippen molar-refractivity contribution in [1.29, 1.82) is 0 Å². The van der Waals surface area contributed by atoms with Gasteiger partial charge in [-0.25, -0.2) is 0 Å². The van der Waals surface area contributed by atoms with Crippen molar-refractivity contribution in [3.05, 3.63) is 0 Å². The van der Waals surface area contributed by atoms with Gasteiger partial charge in [0.05, 0.1) is 0 Å². The molecule has 0 aromatic rings. The van der Waals surface area contributed by atoms with Crippen LogP contribution in [0, 0.1) is 11.8 Å². The van der Waals surface area contributed by atoms with E-state index in [9.17, 15) is 4.79 Å². The minimum atomic E-state index is 0.731. The molecule has 0 aromatic carbocycles. The fourth-order valence-electron chi connectivity index (χ4n) is 1.37. The Morgan fingerprint density at radius 1 is 1.08 bits per heavy atom. The first-order chi connectivity index (χ1) is 5.66. The van der Waals surface area contributed by atoms with Crippen LogP contribution >= 0.6 is 0 Å². The Morgan fingerprint density at radius 2 is 1.75 bits per heavy atom. The average Bonchev–Trinajstić information content (AvgIpc) is 2.00. The van der Waals surface area contributed by atoms with Crippen molar-refractivity contribution in [2.75, 3.05) is 0 Å². The number of rotatable bonds is 7. The van der Waals surface area contributed by atoms with Gasteiger partial charge in [0.15, 0.2) is 0 Å². The molecule has 1 heteroatoms. The summed E-state index contributed by atoms with van der Waals surface area (Å²) in [5.41, 5.74) is 0. The third-order valence-electron chi connectivity index (χ3n) is 2.26. The molecule has 72 valence electrons. The van der Waals surface area contributed by atoms with E-state index >= 15 is 0 Å². The van der Waals surface area contributed by atoms with Crippen LogP contribution in [0.1, 0.15) is 52.9 Å². The van der Waals surface area contributed by atoms with Crippen molar-refractivity contribution >= 4 is 6.29 Å². The molecule has 0 aromatic heterocycles. The highest BCUT2D eigenvalue weighted by atomic mass is 16.1. The van der Waals surface area contributed by atoms with Gasteiger partial charge in [0.2, 0.25) is 0 Å². The Kier molecular flexibility index (Phi) is 7.12. The number of hydrogen-bond donors (Lipinski definition) is 0. The van der Waals surface area contributed by atoms with Crippen LogP contribution in [-0.2, 0) is 4.79 Å². The smallest absolute Gasteiger partial charge is 0.120 e. The molecule has 0 amide bonds. The minimum Gasteiger partial charge on any atom is -0.303 e. The summed E-state index contributed by atoms with van der Waals surface area (Å²) in [4.78, 5) is 10.1. The van der Waals surface area contributed by atoms with Gasteiger partial charge < -0.3 is 4.79 Å². The standard InChI is InChI=1S/C11H22O/c1-10(2)6-4-7-11(3)8-5-9-12/h9-11H,4-8H2,1-3H3/t11-/m0/s1. The third-order valence-corrected chi connectivity index (χ3v) is 2.26. The summed E-state index contributed by atoms with van der Waals surface area (Å²) in [5.74, 6) is 1.55. The van der Waals surface area contributed by atoms with Gasteiger partial charge in [0.1, 0.15) is 6.29 Å². The maximum atomic E-state index is 10.1. The molecule has 0 bridgehead atoms. The van der Waals surface area contributed by atoms with E-state index < -0.39 is 0 Å². The van der Waals surface area contributed by atoms with Crippen LogP contribution in [0.2, 0.25) is 0 Å². The van der Waals surface area contributed by atoms with E-state index in [1.807, 2.05) is 0 Å². The van der Waals surface area contributed by atoms with E-state index in [0.717, 1.165) is 31.0 Å². The van der Waals surface area contributed by atoms with Crippen LogP contribution in [0.15, 0.2) is 0 Å². The van der Waals surface area contributed by atoms with Gasteiger partial charge in [0, 0.05) is 6.42 Å². The molecule has 0 rings (SSSR count). The first-order valence-corrected chi connectivity index (χ1v) is 5.10. The van der Waals surface area contributed by atoms with Gasteiger partial charge in [-0.1, -0.05) is 40.0 Å². The van der Waals surface area contributed by atoms with Crippen molar-refractivity contribution in [3.8, 4) is 0 Å². The van der Waals surface area contributed by atoms with Gasteiger partial charge in [-0.2, -0.15) is 0 Å². The fourth-order valence-corrected chi connectivity index (χ4v) is 1.37. The van der Waals surface area contributed by atoms with Crippen molar-refractivity contribution in [1.82, 2.24) is 0 Å². The highest BCUT2D eigenvalue weighted by Gasteiger charge is 2.01. The van der Waals surface area contributed by atoms with Gasteiger partial charge in [-0.15, -0.1) is 0 Å². The van der Waals surface area contributed by atoms with Gasteiger partial charge in [-0.05, 0) is 18.3 Å². The maximum Gasteiger partial charge on any atom is 0.120 e. The minimum absolute atomic E-state index is 0.731. The molecule has 0 saturated carbocycles. The highest BCUT2D eigenvalue weighted by Crippen LogP contribution is 2.15.